The Labute approximate surface area is 429 Å². The summed E-state index contributed by atoms with van der Waals surface area (Å²) in [4.78, 5) is 13.2. The number of unbranched alkanes of at least 4 members (excludes halogenated alkanes) is 25. The number of hydrogen-bond acceptors (Lipinski definition) is 13. The maximum atomic E-state index is 13.2. The van der Waals surface area contributed by atoms with Crippen LogP contribution in [0.25, 0.3) is 0 Å². The van der Waals surface area contributed by atoms with Crippen LogP contribution in [0.1, 0.15) is 213 Å². The van der Waals surface area contributed by atoms with E-state index in [4.69, 9.17) is 18.9 Å². The van der Waals surface area contributed by atoms with Gasteiger partial charge in [0.15, 0.2) is 12.6 Å². The van der Waals surface area contributed by atoms with E-state index < -0.39 is 86.8 Å². The van der Waals surface area contributed by atoms with Gasteiger partial charge in [-0.15, -0.1) is 0 Å². The third-order valence-electron chi connectivity index (χ3n) is 13.7. The van der Waals surface area contributed by atoms with E-state index in [9.17, 15) is 45.6 Å². The predicted octanol–water partition coefficient (Wildman–Crippen LogP) is 8.83. The van der Waals surface area contributed by atoms with Crippen molar-refractivity contribution in [3.05, 3.63) is 48.6 Å². The van der Waals surface area contributed by atoms with Crippen molar-refractivity contribution in [1.82, 2.24) is 5.32 Å². The Bertz CT molecular complexity index is 1380. The molecule has 0 aromatic heterocycles. The van der Waals surface area contributed by atoms with Gasteiger partial charge in [0.05, 0.1) is 32.0 Å². The summed E-state index contributed by atoms with van der Waals surface area (Å²) in [6.07, 6.45) is 35.8. The van der Waals surface area contributed by atoms with Crippen LogP contribution in [0.15, 0.2) is 48.6 Å². The zero-order chi connectivity index (χ0) is 51.7. The number of allylic oxidation sites excluding steroid dienone is 7. The maximum Gasteiger partial charge on any atom is 0.220 e. The van der Waals surface area contributed by atoms with Crippen LogP contribution in [0.4, 0.5) is 0 Å². The average Bonchev–Trinajstić information content (AvgIpc) is 3.37. The first-order valence-electron chi connectivity index (χ1n) is 28.4. The van der Waals surface area contributed by atoms with Crippen molar-refractivity contribution in [2.45, 2.75) is 286 Å². The number of aliphatic hydroxyl groups is 8. The standard InChI is InChI=1S/C57H103NO13/c1-3-5-7-9-11-13-15-17-19-20-21-22-23-24-25-27-28-30-32-34-36-38-40-46(61)45(58-49(62)41-39-37-35-33-31-29-26-18-16-14-12-10-8-6-4-2)44-68-56-54(67)52(65)55(48(43-60)70-56)71-57-53(66)51(64)50(63)47(42-59)69-57/h12,14,18,26,30,32,38,40,45-48,50-57,59-61,63-67H,3-11,13,15-17,19-25,27-29,31,33-37,39,41-44H2,1-2H3,(H,58,62)/b14-12-,26-18-,32-30+,40-38+. The second-order valence-electron chi connectivity index (χ2n) is 20.1. The van der Waals surface area contributed by atoms with Crippen molar-refractivity contribution in [3.63, 3.8) is 0 Å². The fraction of sp³-hybridized carbons (Fsp3) is 0.842. The molecule has 2 heterocycles. The molecule has 2 rings (SSSR count). The molecule has 2 fully saturated rings. The summed E-state index contributed by atoms with van der Waals surface area (Å²) < 4.78 is 22.7. The van der Waals surface area contributed by atoms with Gasteiger partial charge in [-0.05, 0) is 64.2 Å². The van der Waals surface area contributed by atoms with Crippen molar-refractivity contribution in [2.24, 2.45) is 0 Å². The van der Waals surface area contributed by atoms with Gasteiger partial charge < -0.3 is 65.1 Å². The van der Waals surface area contributed by atoms with Crippen molar-refractivity contribution in [1.29, 1.82) is 0 Å². The van der Waals surface area contributed by atoms with Crippen LogP contribution in [0.2, 0.25) is 0 Å². The normalized spacial score (nSPS) is 26.1. The van der Waals surface area contributed by atoms with Gasteiger partial charge >= 0.3 is 0 Å². The maximum absolute atomic E-state index is 13.2. The van der Waals surface area contributed by atoms with Crippen LogP contribution in [0.5, 0.6) is 0 Å². The number of nitrogens with one attached hydrogen (secondary N) is 1. The molecule has 0 saturated carbocycles. The van der Waals surface area contributed by atoms with Crippen molar-refractivity contribution < 1.29 is 64.6 Å². The molecule has 0 aromatic rings. The van der Waals surface area contributed by atoms with Gasteiger partial charge in [-0.25, -0.2) is 0 Å². The molecule has 2 saturated heterocycles. The zero-order valence-corrected chi connectivity index (χ0v) is 44.2. The molecular weight excluding hydrogens is 907 g/mol. The summed E-state index contributed by atoms with van der Waals surface area (Å²) >= 11 is 0. The van der Waals surface area contributed by atoms with Crippen LogP contribution in [0.3, 0.4) is 0 Å². The number of carbonyl (C=O) groups excluding carboxylic acids is 1. The van der Waals surface area contributed by atoms with Gasteiger partial charge in [-0.1, -0.05) is 191 Å². The van der Waals surface area contributed by atoms with Gasteiger partial charge in [0.1, 0.15) is 48.8 Å². The molecule has 0 spiro atoms. The molecule has 71 heavy (non-hydrogen) atoms. The Morgan fingerprint density at radius 1 is 0.507 bits per heavy atom. The summed E-state index contributed by atoms with van der Waals surface area (Å²) in [5, 5.41) is 86.9. The molecule has 0 aromatic carbocycles. The Balaban J connectivity index is 1.81. The lowest BCUT2D eigenvalue weighted by Gasteiger charge is -2.46. The Kier molecular flexibility index (Phi) is 39.6. The molecule has 12 atom stereocenters. The molecular formula is C57H103NO13. The van der Waals surface area contributed by atoms with E-state index in [1.807, 2.05) is 6.08 Å². The molecule has 0 radical (unpaired) electrons. The van der Waals surface area contributed by atoms with Crippen LogP contribution < -0.4 is 5.32 Å². The Hall–Kier alpha value is -2.05. The first-order valence-corrected chi connectivity index (χ1v) is 28.4. The molecule has 1 amide bonds. The van der Waals surface area contributed by atoms with Crippen LogP contribution in [-0.4, -0.2) is 140 Å². The summed E-state index contributed by atoms with van der Waals surface area (Å²) in [6.45, 7) is 2.74. The summed E-state index contributed by atoms with van der Waals surface area (Å²) in [5.41, 5.74) is 0. The molecule has 14 heteroatoms. The Morgan fingerprint density at radius 2 is 0.944 bits per heavy atom. The number of rotatable bonds is 44. The van der Waals surface area contributed by atoms with Gasteiger partial charge in [0.25, 0.3) is 0 Å². The van der Waals surface area contributed by atoms with Crippen LogP contribution in [0, 0.1) is 0 Å². The molecule has 9 N–H and O–H groups in total. The van der Waals surface area contributed by atoms with E-state index in [0.29, 0.717) is 12.8 Å². The molecule has 2 aliphatic rings. The number of hydrogen-bond donors (Lipinski definition) is 9. The summed E-state index contributed by atoms with van der Waals surface area (Å²) in [7, 11) is 0. The molecule has 0 aliphatic carbocycles. The van der Waals surface area contributed by atoms with Gasteiger partial charge in [-0.3, -0.25) is 4.79 Å². The molecule has 414 valence electrons. The smallest absolute Gasteiger partial charge is 0.220 e. The third kappa shape index (κ3) is 29.6. The minimum atomic E-state index is -1.79. The number of carbonyl (C=O) groups is 1. The quantitative estimate of drug-likeness (QED) is 0.0206. The van der Waals surface area contributed by atoms with Crippen molar-refractivity contribution in [2.75, 3.05) is 19.8 Å². The third-order valence-corrected chi connectivity index (χ3v) is 13.7. The number of amides is 1. The van der Waals surface area contributed by atoms with Gasteiger partial charge in [-0.2, -0.15) is 0 Å². The second-order valence-corrected chi connectivity index (χ2v) is 20.1. The minimum absolute atomic E-state index is 0.256. The monoisotopic (exact) mass is 1010 g/mol. The minimum Gasteiger partial charge on any atom is -0.394 e. The van der Waals surface area contributed by atoms with E-state index >= 15 is 0 Å². The van der Waals surface area contributed by atoms with Gasteiger partial charge in [0, 0.05) is 6.42 Å². The summed E-state index contributed by atoms with van der Waals surface area (Å²) in [5.74, 6) is -0.264. The van der Waals surface area contributed by atoms with Crippen molar-refractivity contribution >= 4 is 5.91 Å². The fourth-order valence-corrected chi connectivity index (χ4v) is 9.10. The average molecular weight is 1010 g/mol. The highest BCUT2D eigenvalue weighted by Gasteiger charge is 2.51. The first-order chi connectivity index (χ1) is 34.6. The van der Waals surface area contributed by atoms with Crippen LogP contribution in [-0.2, 0) is 23.7 Å². The zero-order valence-electron chi connectivity index (χ0n) is 44.2. The lowest BCUT2D eigenvalue weighted by molar-refractivity contribution is -0.359. The SMILES string of the molecule is CCCCC/C=C\C/C=C\CCCCCCCC(=O)NC(COC1OC(CO)C(OC2OC(CO)C(O)C(O)C2O)C(O)C1O)C(O)/C=C/CC/C=C/CCCCCCCCCCCCCCCCCC. The topological polar surface area (TPSA) is 228 Å². The van der Waals surface area contributed by atoms with E-state index in [1.165, 1.54) is 122 Å². The highest BCUT2D eigenvalue weighted by molar-refractivity contribution is 5.76. The molecule has 12 unspecified atom stereocenters. The summed E-state index contributed by atoms with van der Waals surface area (Å²) in [6, 6.07) is -0.939. The second kappa shape index (κ2) is 43.2. The molecule has 2 aliphatic heterocycles. The molecule has 14 nitrogen and oxygen atoms in total. The lowest BCUT2D eigenvalue weighted by Crippen LogP contribution is -2.65. The van der Waals surface area contributed by atoms with Crippen molar-refractivity contribution in [3.8, 4) is 0 Å². The number of ether oxygens (including phenoxy) is 4. The highest BCUT2D eigenvalue weighted by atomic mass is 16.7. The largest absolute Gasteiger partial charge is 0.394 e. The van der Waals surface area contributed by atoms with E-state index in [1.54, 1.807) is 6.08 Å². The van der Waals surface area contributed by atoms with Crippen LogP contribution >= 0.6 is 0 Å². The van der Waals surface area contributed by atoms with Gasteiger partial charge in [0.2, 0.25) is 5.91 Å². The first kappa shape index (κ1) is 65.1. The van der Waals surface area contributed by atoms with E-state index in [2.05, 4.69) is 55.6 Å². The fourth-order valence-electron chi connectivity index (χ4n) is 9.10. The van der Waals surface area contributed by atoms with E-state index in [0.717, 1.165) is 57.8 Å². The highest BCUT2D eigenvalue weighted by Crippen LogP contribution is 2.30. The molecule has 0 bridgehead atoms. The lowest BCUT2D eigenvalue weighted by atomic mass is 9.97. The Morgan fingerprint density at radius 3 is 1.49 bits per heavy atom. The predicted molar refractivity (Wildman–Crippen MR) is 281 cm³/mol. The number of aliphatic hydroxyl groups excluding tert-OH is 8. The van der Waals surface area contributed by atoms with E-state index in [-0.39, 0.29) is 18.9 Å².